The molecule has 0 fully saturated rings. The van der Waals surface area contributed by atoms with Gasteiger partial charge in [0, 0.05) is 25.5 Å². The van der Waals surface area contributed by atoms with Crippen LogP contribution < -0.4 is 5.32 Å². The molecule has 0 atom stereocenters. The third-order valence-corrected chi connectivity index (χ3v) is 3.74. The van der Waals surface area contributed by atoms with Crippen molar-refractivity contribution in [3.05, 3.63) is 53.7 Å². The van der Waals surface area contributed by atoms with Crippen LogP contribution in [0.1, 0.15) is 48.9 Å². The van der Waals surface area contributed by atoms with Crippen LogP contribution in [-0.2, 0) is 11.3 Å². The number of nitrogens with zero attached hydrogens (tertiary/aromatic N) is 2. The molecule has 0 aliphatic carbocycles. The summed E-state index contributed by atoms with van der Waals surface area (Å²) in [6.07, 6.45) is 5.11. The van der Waals surface area contributed by atoms with E-state index < -0.39 is 5.60 Å². The van der Waals surface area contributed by atoms with Gasteiger partial charge in [0.05, 0.1) is 18.4 Å². The first-order chi connectivity index (χ1) is 12.8. The van der Waals surface area contributed by atoms with Crippen LogP contribution in [0.25, 0.3) is 0 Å². The van der Waals surface area contributed by atoms with Crippen molar-refractivity contribution in [1.82, 2.24) is 15.2 Å². The predicted octanol–water partition coefficient (Wildman–Crippen LogP) is 3.54. The molecule has 27 heavy (non-hydrogen) atoms. The van der Waals surface area contributed by atoms with Gasteiger partial charge < -0.3 is 19.4 Å². The molecule has 146 valence electrons. The molecule has 7 heteroatoms. The molecule has 0 aromatic carbocycles. The Labute approximate surface area is 159 Å². The normalized spacial score (nSPS) is 11.1. The summed E-state index contributed by atoms with van der Waals surface area (Å²) in [5.74, 6) is 0.400. The molecule has 0 saturated carbocycles. The van der Waals surface area contributed by atoms with Crippen molar-refractivity contribution in [3.63, 3.8) is 0 Å². The van der Waals surface area contributed by atoms with Crippen molar-refractivity contribution < 1.29 is 18.7 Å². The second kappa shape index (κ2) is 9.21. The highest BCUT2D eigenvalue weighted by Gasteiger charge is 2.22. The van der Waals surface area contributed by atoms with Gasteiger partial charge in [-0.05, 0) is 51.8 Å². The Bertz CT molecular complexity index is 750. The van der Waals surface area contributed by atoms with Crippen LogP contribution in [0.5, 0.6) is 0 Å². The van der Waals surface area contributed by atoms with E-state index in [1.807, 2.05) is 32.9 Å². The lowest BCUT2D eigenvalue weighted by molar-refractivity contribution is 0.0232. The van der Waals surface area contributed by atoms with Gasteiger partial charge in [-0.15, -0.1) is 0 Å². The summed E-state index contributed by atoms with van der Waals surface area (Å²) in [5, 5.41) is 2.84. The van der Waals surface area contributed by atoms with E-state index in [2.05, 4.69) is 10.3 Å². The van der Waals surface area contributed by atoms with Crippen LogP contribution in [0.15, 0.2) is 41.3 Å². The number of nitrogens with one attached hydrogen (secondary N) is 1. The number of hydrogen-bond acceptors (Lipinski definition) is 5. The highest BCUT2D eigenvalue weighted by atomic mass is 16.6. The highest BCUT2D eigenvalue weighted by molar-refractivity contribution is 5.94. The first kappa shape index (κ1) is 20.5. The van der Waals surface area contributed by atoms with Gasteiger partial charge in [-0.1, -0.05) is 6.07 Å². The minimum absolute atomic E-state index is 0.183. The zero-order chi connectivity index (χ0) is 19.9. The summed E-state index contributed by atoms with van der Waals surface area (Å²) in [6, 6.07) is 5.38. The molecule has 2 aromatic rings. The summed E-state index contributed by atoms with van der Waals surface area (Å²) < 4.78 is 10.6. The molecule has 0 saturated heterocycles. The second-order valence-electron chi connectivity index (χ2n) is 7.26. The summed E-state index contributed by atoms with van der Waals surface area (Å²) in [4.78, 5) is 30.3. The molecule has 2 rings (SSSR count). The van der Waals surface area contributed by atoms with E-state index in [0.29, 0.717) is 37.4 Å². The third-order valence-electron chi connectivity index (χ3n) is 3.74. The maximum absolute atomic E-state index is 12.5. The Morgan fingerprint density at radius 3 is 2.67 bits per heavy atom. The van der Waals surface area contributed by atoms with E-state index in [0.717, 1.165) is 5.56 Å². The standard InChI is InChI=1S/C20H27N3O4/c1-15-17(8-12-26-15)18(24)22-10-6-11-23(19(25)27-20(2,3)4)14-16-7-5-9-21-13-16/h5,7-9,12-13H,6,10-11,14H2,1-4H3,(H,22,24). The number of amides is 2. The Hall–Kier alpha value is -2.83. The van der Waals surface area contributed by atoms with Crippen molar-refractivity contribution in [1.29, 1.82) is 0 Å². The molecule has 2 heterocycles. The lowest BCUT2D eigenvalue weighted by atomic mass is 10.2. The van der Waals surface area contributed by atoms with Crippen LogP contribution >= 0.6 is 0 Å². The molecule has 0 aliphatic heterocycles. The Morgan fingerprint density at radius 2 is 2.07 bits per heavy atom. The molecule has 0 aliphatic rings. The van der Waals surface area contributed by atoms with Gasteiger partial charge in [0.1, 0.15) is 11.4 Å². The van der Waals surface area contributed by atoms with Gasteiger partial charge in [0.15, 0.2) is 0 Å². The fourth-order valence-electron chi connectivity index (χ4n) is 2.46. The van der Waals surface area contributed by atoms with Crippen molar-refractivity contribution in [2.75, 3.05) is 13.1 Å². The predicted molar refractivity (Wildman–Crippen MR) is 101 cm³/mol. The molecule has 0 unspecified atom stereocenters. The summed E-state index contributed by atoms with van der Waals surface area (Å²) >= 11 is 0. The number of pyridine rings is 1. The number of aryl methyl sites for hydroxylation is 1. The van der Waals surface area contributed by atoms with Gasteiger partial charge in [-0.25, -0.2) is 4.79 Å². The smallest absolute Gasteiger partial charge is 0.410 e. The zero-order valence-electron chi connectivity index (χ0n) is 16.3. The van der Waals surface area contributed by atoms with E-state index in [1.165, 1.54) is 6.26 Å². The lowest BCUT2D eigenvalue weighted by Crippen LogP contribution is -2.38. The third kappa shape index (κ3) is 6.77. The SMILES string of the molecule is Cc1occc1C(=O)NCCCN(Cc1cccnc1)C(=O)OC(C)(C)C. The Kier molecular flexibility index (Phi) is 6.98. The van der Waals surface area contributed by atoms with Gasteiger partial charge in [-0.3, -0.25) is 9.78 Å². The van der Waals surface area contributed by atoms with Gasteiger partial charge in [0.2, 0.25) is 0 Å². The van der Waals surface area contributed by atoms with Crippen molar-refractivity contribution in [3.8, 4) is 0 Å². The topological polar surface area (TPSA) is 84.7 Å². The molecular formula is C20H27N3O4. The van der Waals surface area contributed by atoms with Crippen LogP contribution in [0.3, 0.4) is 0 Å². The van der Waals surface area contributed by atoms with E-state index in [1.54, 1.807) is 30.3 Å². The number of furan rings is 1. The van der Waals surface area contributed by atoms with Crippen molar-refractivity contribution >= 4 is 12.0 Å². The van der Waals surface area contributed by atoms with Gasteiger partial charge in [-0.2, -0.15) is 0 Å². The fraction of sp³-hybridized carbons (Fsp3) is 0.450. The largest absolute Gasteiger partial charge is 0.469 e. The number of hydrogen-bond donors (Lipinski definition) is 1. The summed E-state index contributed by atoms with van der Waals surface area (Å²) in [6.45, 7) is 8.54. The van der Waals surface area contributed by atoms with Gasteiger partial charge >= 0.3 is 6.09 Å². The van der Waals surface area contributed by atoms with Crippen molar-refractivity contribution in [2.45, 2.75) is 46.3 Å². The number of ether oxygens (including phenoxy) is 1. The second-order valence-corrected chi connectivity index (χ2v) is 7.26. The fourth-order valence-corrected chi connectivity index (χ4v) is 2.46. The van der Waals surface area contributed by atoms with Crippen LogP contribution in [-0.4, -0.2) is 40.6 Å². The highest BCUT2D eigenvalue weighted by Crippen LogP contribution is 2.13. The van der Waals surface area contributed by atoms with E-state index >= 15 is 0 Å². The van der Waals surface area contributed by atoms with Crippen molar-refractivity contribution in [2.24, 2.45) is 0 Å². The molecule has 1 N–H and O–H groups in total. The molecule has 0 bridgehead atoms. The quantitative estimate of drug-likeness (QED) is 0.751. The minimum atomic E-state index is -0.572. The minimum Gasteiger partial charge on any atom is -0.469 e. The molecule has 0 spiro atoms. The maximum Gasteiger partial charge on any atom is 0.410 e. The van der Waals surface area contributed by atoms with E-state index in [9.17, 15) is 9.59 Å². The van der Waals surface area contributed by atoms with Gasteiger partial charge in [0.25, 0.3) is 5.91 Å². The maximum atomic E-state index is 12.5. The molecule has 0 radical (unpaired) electrons. The zero-order valence-corrected chi connectivity index (χ0v) is 16.3. The Morgan fingerprint density at radius 1 is 1.30 bits per heavy atom. The molecule has 7 nitrogen and oxygen atoms in total. The van der Waals surface area contributed by atoms with E-state index in [-0.39, 0.29) is 12.0 Å². The average molecular weight is 373 g/mol. The van der Waals surface area contributed by atoms with Crippen LogP contribution in [0.4, 0.5) is 4.79 Å². The molecule has 2 aromatic heterocycles. The monoisotopic (exact) mass is 373 g/mol. The molecule has 2 amide bonds. The summed E-state index contributed by atoms with van der Waals surface area (Å²) in [7, 11) is 0. The number of rotatable bonds is 7. The number of aromatic nitrogens is 1. The first-order valence-electron chi connectivity index (χ1n) is 8.95. The Balaban J connectivity index is 1.90. The summed E-state index contributed by atoms with van der Waals surface area (Å²) in [5.41, 5.74) is 0.868. The first-order valence-corrected chi connectivity index (χ1v) is 8.95. The average Bonchev–Trinajstić information content (AvgIpc) is 3.03. The number of carbonyl (C=O) groups excluding carboxylic acids is 2. The van der Waals surface area contributed by atoms with Crippen LogP contribution in [0.2, 0.25) is 0 Å². The molecular weight excluding hydrogens is 346 g/mol. The van der Waals surface area contributed by atoms with E-state index in [4.69, 9.17) is 9.15 Å². The number of carbonyl (C=O) groups is 2. The van der Waals surface area contributed by atoms with Crippen LogP contribution in [0, 0.1) is 6.92 Å². The lowest BCUT2D eigenvalue weighted by Gasteiger charge is -2.27.